The number of methoxy groups -OCH3 is 2. The maximum absolute atomic E-state index is 12.0. The summed E-state index contributed by atoms with van der Waals surface area (Å²) in [7, 11) is -2.50. The number of carbonyl (C=O) groups is 2. The first-order valence-corrected chi connectivity index (χ1v) is 51.7. The number of hydrogen-bond donors (Lipinski definition) is 0. The summed E-state index contributed by atoms with van der Waals surface area (Å²) in [6, 6.07) is 16.0. The lowest BCUT2D eigenvalue weighted by molar-refractivity contribution is 0.00578. The molecule has 7 heterocycles. The van der Waals surface area contributed by atoms with Gasteiger partial charge in [0.1, 0.15) is 49.9 Å². The molecule has 4 saturated carbocycles. The van der Waals surface area contributed by atoms with Gasteiger partial charge in [0.2, 0.25) is 0 Å². The fourth-order valence-electron chi connectivity index (χ4n) is 13.6. The molecule has 0 spiro atoms. The lowest BCUT2D eigenvalue weighted by atomic mass is 9.79. The van der Waals surface area contributed by atoms with Gasteiger partial charge in [-0.1, -0.05) is 116 Å². The molecule has 0 N–H and O–H groups in total. The first-order chi connectivity index (χ1) is 46.1. The Balaban J connectivity index is 0.000000185. The molecule has 6 aromatic rings. The Morgan fingerprint density at radius 3 is 1.28 bits per heavy atom. The van der Waals surface area contributed by atoms with Gasteiger partial charge < -0.3 is 47.5 Å². The van der Waals surface area contributed by atoms with Gasteiger partial charge in [0, 0.05) is 123 Å². The Morgan fingerprint density at radius 2 is 0.908 bits per heavy atom. The molecule has 6 atom stereocenters. The van der Waals surface area contributed by atoms with Crippen molar-refractivity contribution in [3.8, 4) is 11.1 Å². The molecule has 2 unspecified atom stereocenters. The SMILES string of the molecule is COC(=O)c1ccc(-c2cnn3c(N(COCC[Si](C)(C)C)COCC[Si](C)(C)C)cc(C4C[C@H]5CC[C@@H](C4)C5)nc23)cn1.COC(=O)c1ccc(B2OC(C)(C)C(C)(C)O2)cn1.C[Si](C)(C)CCOCN(COCC[Si](C)(C)C)c1cc(C2C[C@H]3CC[C@@H](C2)C3)nc2c(I)cnn12. The topological polar surface area (TPSA) is 201 Å². The molecule has 11 rings (SSSR count). The third kappa shape index (κ3) is 21.5. The average Bonchev–Trinajstić information content (AvgIpc) is 1.56. The molecule has 20 nitrogen and oxygen atoms in total. The van der Waals surface area contributed by atoms with E-state index < -0.39 is 62.6 Å². The molecule has 6 aromatic heterocycles. The second-order valence-electron chi connectivity index (χ2n) is 34.0. The van der Waals surface area contributed by atoms with Gasteiger partial charge in [0.05, 0.1) is 41.4 Å². The summed E-state index contributed by atoms with van der Waals surface area (Å²) in [5.74, 6) is 5.42. The van der Waals surface area contributed by atoms with E-state index in [1.165, 1.54) is 96.2 Å². The summed E-state index contributed by atoms with van der Waals surface area (Å²) in [6.07, 6.45) is 20.3. The molecule has 5 fully saturated rings. The molecular weight excluding hydrogens is 1410 g/mol. The van der Waals surface area contributed by atoms with Crippen LogP contribution in [0.15, 0.2) is 61.2 Å². The highest BCUT2D eigenvalue weighted by Gasteiger charge is 2.52. The molecule has 26 heteroatoms. The zero-order valence-corrected chi connectivity index (χ0v) is 68.5. The van der Waals surface area contributed by atoms with Crippen molar-refractivity contribution in [2.24, 2.45) is 23.7 Å². The minimum atomic E-state index is -1.22. The van der Waals surface area contributed by atoms with E-state index in [1.807, 2.05) is 55.2 Å². The zero-order chi connectivity index (χ0) is 71.0. The number of hydrogen-bond acceptors (Lipinski definition) is 18. The van der Waals surface area contributed by atoms with Gasteiger partial charge in [-0.2, -0.15) is 19.2 Å². The maximum atomic E-state index is 12.0. The van der Waals surface area contributed by atoms with Crippen LogP contribution in [0.5, 0.6) is 0 Å². The second kappa shape index (κ2) is 33.3. The number of halogens is 1. The molecule has 0 aromatic carbocycles. The van der Waals surface area contributed by atoms with Crippen LogP contribution in [0.25, 0.3) is 22.4 Å². The van der Waals surface area contributed by atoms with Crippen molar-refractivity contribution < 1.29 is 47.3 Å². The van der Waals surface area contributed by atoms with Gasteiger partial charge in [0.25, 0.3) is 0 Å². The van der Waals surface area contributed by atoms with Crippen LogP contribution >= 0.6 is 22.6 Å². The first-order valence-electron chi connectivity index (χ1n) is 35.8. The van der Waals surface area contributed by atoms with Crippen molar-refractivity contribution in [3.05, 3.63) is 87.5 Å². The Bertz CT molecular complexity index is 3510. The Labute approximate surface area is 602 Å². The highest BCUT2D eigenvalue weighted by Crippen LogP contribution is 2.50. The number of aromatic nitrogens is 8. The molecule has 4 bridgehead atoms. The van der Waals surface area contributed by atoms with E-state index in [-0.39, 0.29) is 11.4 Å². The summed E-state index contributed by atoms with van der Waals surface area (Å²) in [5.41, 5.74) is 6.40. The molecule has 538 valence electrons. The maximum Gasteiger partial charge on any atom is 0.496 e. The minimum absolute atomic E-state index is 0.266. The Hall–Kier alpha value is -4.50. The molecular formula is C72H114BIN10O10Si4. The normalized spacial score (nSPS) is 21.2. The Morgan fingerprint density at radius 1 is 0.531 bits per heavy atom. The molecule has 1 aliphatic heterocycles. The minimum Gasteiger partial charge on any atom is -0.464 e. The van der Waals surface area contributed by atoms with Gasteiger partial charge in [-0.25, -0.2) is 29.5 Å². The molecule has 98 heavy (non-hydrogen) atoms. The van der Waals surface area contributed by atoms with Crippen molar-refractivity contribution in [3.63, 3.8) is 0 Å². The van der Waals surface area contributed by atoms with E-state index in [4.69, 9.17) is 53.2 Å². The van der Waals surface area contributed by atoms with Crippen LogP contribution in [0.2, 0.25) is 103 Å². The number of carbonyl (C=O) groups excluding carboxylic acids is 2. The Kier molecular flexibility index (Phi) is 26.4. The highest BCUT2D eigenvalue weighted by molar-refractivity contribution is 14.1. The van der Waals surface area contributed by atoms with Crippen LogP contribution in [-0.4, -0.2) is 169 Å². The van der Waals surface area contributed by atoms with E-state index in [2.05, 4.69) is 138 Å². The van der Waals surface area contributed by atoms with Gasteiger partial charge in [0.15, 0.2) is 11.3 Å². The van der Waals surface area contributed by atoms with E-state index in [9.17, 15) is 9.59 Å². The van der Waals surface area contributed by atoms with Crippen LogP contribution in [-0.2, 0) is 37.7 Å². The summed E-state index contributed by atoms with van der Waals surface area (Å²) < 4.78 is 51.4. The smallest absolute Gasteiger partial charge is 0.464 e. The molecule has 0 amide bonds. The monoisotopic (exact) mass is 1530 g/mol. The van der Waals surface area contributed by atoms with Crippen molar-refractivity contribution >= 4 is 102 Å². The lowest BCUT2D eigenvalue weighted by Gasteiger charge is -2.32. The van der Waals surface area contributed by atoms with Crippen molar-refractivity contribution in [1.29, 1.82) is 0 Å². The number of anilines is 2. The van der Waals surface area contributed by atoms with Crippen LogP contribution < -0.4 is 15.3 Å². The number of ether oxygens (including phenoxy) is 6. The lowest BCUT2D eigenvalue weighted by Crippen LogP contribution is -2.41. The fraction of sp³-hybridized carbons (Fsp3) is 0.667. The largest absolute Gasteiger partial charge is 0.496 e. The molecule has 4 aliphatic carbocycles. The zero-order valence-electron chi connectivity index (χ0n) is 62.3. The van der Waals surface area contributed by atoms with Crippen LogP contribution in [0.4, 0.5) is 11.6 Å². The van der Waals surface area contributed by atoms with E-state index in [0.29, 0.717) is 38.8 Å². The van der Waals surface area contributed by atoms with Gasteiger partial charge in [-0.15, -0.1) is 0 Å². The van der Waals surface area contributed by atoms with E-state index in [1.54, 1.807) is 30.6 Å². The predicted octanol–water partition coefficient (Wildman–Crippen LogP) is 15.5. The van der Waals surface area contributed by atoms with E-state index >= 15 is 0 Å². The van der Waals surface area contributed by atoms with Gasteiger partial charge in [-0.3, -0.25) is 0 Å². The summed E-state index contributed by atoms with van der Waals surface area (Å²) in [5, 5.41) is 9.56. The van der Waals surface area contributed by atoms with Crippen LogP contribution in [0.1, 0.15) is 136 Å². The van der Waals surface area contributed by atoms with Crippen LogP contribution in [0.3, 0.4) is 0 Å². The third-order valence-electron chi connectivity index (χ3n) is 20.3. The number of nitrogens with zero attached hydrogens (tertiary/aromatic N) is 10. The first kappa shape index (κ1) is 77.7. The second-order valence-corrected chi connectivity index (χ2v) is 57.6. The number of pyridine rings is 2. The summed E-state index contributed by atoms with van der Waals surface area (Å²) >= 11 is 2.37. The number of esters is 2. The number of fused-ring (bicyclic) bond motifs is 6. The van der Waals surface area contributed by atoms with Crippen molar-refractivity contribution in [1.82, 2.24) is 39.2 Å². The summed E-state index contributed by atoms with van der Waals surface area (Å²) in [4.78, 5) is 46.6. The van der Waals surface area contributed by atoms with E-state index in [0.717, 1.165) is 111 Å². The predicted molar refractivity (Wildman–Crippen MR) is 411 cm³/mol. The molecule has 1 saturated heterocycles. The van der Waals surface area contributed by atoms with Crippen LogP contribution in [0, 0.1) is 27.2 Å². The van der Waals surface area contributed by atoms with Gasteiger partial charge >= 0.3 is 19.1 Å². The standard InChI is InChI=1S/C33H51N5O4Si2.C26H45IN4O2Si2.C13H18BNO4/c1-40-33(39)29-11-10-26(20-34-29)28-21-35-38-31(19-30(36-32(28)38)27-17-24-8-9-25(16-24)18-27)37(22-41-12-14-43(2,3)4)23-42-13-15-44(5,6)7;1-34(2,3)11-9-32-18-30(19-33-10-12-35(4,5)6)25-16-24(29-26-23(27)17-28-31(25)26)22-14-20-7-8-21(13-20)15-22;1-12(2)13(3,4)19-14(18-12)9-6-7-10(15-8-9)11(16)17-5/h10-11,19-21,24-25,27H,8-9,12-18,22-23H2,1-7H3;16-17,20-22H,7-15,18-19H2,1-6H3;6-8H,1-5H3/t24-,25+,27?;20-,21+,22?;. The quantitative estimate of drug-likeness (QED) is 0.0147. The highest BCUT2D eigenvalue weighted by atomic mass is 127. The van der Waals surface area contributed by atoms with Gasteiger partial charge in [-0.05, 0) is 149 Å². The third-order valence-corrected chi connectivity index (χ3v) is 27.9. The van der Waals surface area contributed by atoms with Crippen molar-refractivity contribution in [2.45, 2.75) is 218 Å². The molecule has 5 aliphatic rings. The number of rotatable bonds is 28. The fourth-order valence-corrected chi connectivity index (χ4v) is 17.1. The molecule has 0 radical (unpaired) electrons. The van der Waals surface area contributed by atoms with Crippen molar-refractivity contribution in [2.75, 3.05) is 77.4 Å². The summed E-state index contributed by atoms with van der Waals surface area (Å²) in [6.45, 7) is 41.5. The average molecular weight is 1530 g/mol.